The number of nitrogens with one attached hydrogen (secondary N) is 4. The van der Waals surface area contributed by atoms with Crippen LogP contribution in [-0.4, -0.2) is 71.7 Å². The molecule has 3 saturated carbocycles. The molecular formula is C35H52N6O7. The minimum Gasteiger partial charge on any atom is -0.379 e. The van der Waals surface area contributed by atoms with Crippen molar-refractivity contribution in [2.24, 2.45) is 39.7 Å². The first kappa shape index (κ1) is 35.5. The van der Waals surface area contributed by atoms with E-state index in [0.717, 1.165) is 25.7 Å². The highest BCUT2D eigenvalue weighted by Gasteiger charge is 2.70. The zero-order valence-corrected chi connectivity index (χ0v) is 29.5. The Morgan fingerprint density at radius 3 is 2.04 bits per heavy atom. The standard InChI is InChI=1S/C35H52N6O7/c1-33(2,3)20(14-37-23-21(17-11-12-17)26(43)27(23)44)39-32(48)40-28(34(4,5)6)31(47)41-15-18-22(35(18,7)8)24(41)30(46)38-19(13-16-9-10-16)25(42)29(36)45/h16-20,22,24,28,37H,9-15H2,1-8H3,(H2,36,45)(H,38,46)(H2,39,40,48)/t18-,19?,20+,22-,24-,28+/m0/s1. The molecule has 48 heavy (non-hydrogen) atoms. The minimum absolute atomic E-state index is 0.0626. The topological polar surface area (TPSA) is 197 Å². The average molecular weight is 669 g/mol. The van der Waals surface area contributed by atoms with E-state index >= 15 is 0 Å². The van der Waals surface area contributed by atoms with Crippen LogP contribution in [0.3, 0.4) is 0 Å². The van der Waals surface area contributed by atoms with E-state index in [1.807, 2.05) is 55.4 Å². The molecule has 1 unspecified atom stereocenters. The molecule has 1 aromatic carbocycles. The minimum atomic E-state index is -1.11. The maximum atomic E-state index is 14.3. The molecule has 6 N–H and O–H groups in total. The van der Waals surface area contributed by atoms with Gasteiger partial charge in [0.2, 0.25) is 28.5 Å². The smallest absolute Gasteiger partial charge is 0.315 e. The van der Waals surface area contributed by atoms with Crippen molar-refractivity contribution in [3.63, 3.8) is 0 Å². The molecule has 1 heterocycles. The summed E-state index contributed by atoms with van der Waals surface area (Å²) in [5, 5.41) is 11.7. The van der Waals surface area contributed by atoms with Crippen LogP contribution in [0.25, 0.3) is 0 Å². The van der Waals surface area contributed by atoms with E-state index in [2.05, 4.69) is 21.3 Å². The van der Waals surface area contributed by atoms with Crippen molar-refractivity contribution < 1.29 is 24.0 Å². The number of piperidine rings is 1. The van der Waals surface area contributed by atoms with Gasteiger partial charge >= 0.3 is 6.03 Å². The lowest BCUT2D eigenvalue weighted by molar-refractivity contribution is -0.145. The fourth-order valence-corrected chi connectivity index (χ4v) is 7.43. The van der Waals surface area contributed by atoms with Crippen molar-refractivity contribution in [1.82, 2.24) is 20.9 Å². The second-order valence-corrected chi connectivity index (χ2v) is 17.3. The van der Waals surface area contributed by atoms with Crippen LogP contribution in [0.15, 0.2) is 9.59 Å². The first-order valence-electron chi connectivity index (χ1n) is 17.2. The largest absolute Gasteiger partial charge is 0.379 e. The predicted octanol–water partition coefficient (Wildman–Crippen LogP) is 1.52. The fourth-order valence-electron chi connectivity index (χ4n) is 7.43. The van der Waals surface area contributed by atoms with E-state index in [-0.39, 0.29) is 35.6 Å². The van der Waals surface area contributed by atoms with Gasteiger partial charge in [-0.1, -0.05) is 68.2 Å². The van der Waals surface area contributed by atoms with Crippen molar-refractivity contribution in [2.45, 2.75) is 118 Å². The Morgan fingerprint density at radius 1 is 0.896 bits per heavy atom. The summed E-state index contributed by atoms with van der Waals surface area (Å²) in [4.78, 5) is 92.1. The molecular weight excluding hydrogens is 616 g/mol. The fraction of sp³-hybridized carbons (Fsp3) is 0.743. The Bertz CT molecular complexity index is 1570. The molecule has 264 valence electrons. The van der Waals surface area contributed by atoms with Gasteiger partial charge in [0.05, 0.1) is 17.8 Å². The predicted molar refractivity (Wildman–Crippen MR) is 180 cm³/mol. The molecule has 0 bridgehead atoms. The molecule has 13 heteroatoms. The molecule has 4 aliphatic rings. The molecule has 1 aliphatic heterocycles. The maximum absolute atomic E-state index is 14.3. The number of carbonyl (C=O) groups excluding carboxylic acids is 5. The summed E-state index contributed by atoms with van der Waals surface area (Å²) in [7, 11) is 0. The lowest BCUT2D eigenvalue weighted by Crippen LogP contribution is -2.62. The molecule has 1 saturated heterocycles. The highest BCUT2D eigenvalue weighted by molar-refractivity contribution is 6.37. The molecule has 5 amide bonds. The highest BCUT2D eigenvalue weighted by atomic mass is 16.2. The normalized spacial score (nSPS) is 25.0. The summed E-state index contributed by atoms with van der Waals surface area (Å²) in [6, 6.07) is -3.99. The lowest BCUT2D eigenvalue weighted by atomic mass is 9.85. The Hall–Kier alpha value is -3.77. The zero-order chi connectivity index (χ0) is 35.7. The highest BCUT2D eigenvalue weighted by Crippen LogP contribution is 2.65. The first-order valence-corrected chi connectivity index (χ1v) is 17.2. The summed E-state index contributed by atoms with van der Waals surface area (Å²) >= 11 is 0. The molecule has 0 spiro atoms. The molecule has 3 aliphatic carbocycles. The zero-order valence-electron chi connectivity index (χ0n) is 29.5. The summed E-state index contributed by atoms with van der Waals surface area (Å²) in [5.41, 5.74) is 3.83. The number of hydrogen-bond acceptors (Lipinski definition) is 8. The first-order chi connectivity index (χ1) is 22.1. The number of rotatable bonds is 13. The van der Waals surface area contributed by atoms with Gasteiger partial charge in [-0.3, -0.25) is 28.8 Å². The Morgan fingerprint density at radius 2 is 1.52 bits per heavy atom. The molecule has 4 fully saturated rings. The van der Waals surface area contributed by atoms with Gasteiger partial charge in [0.15, 0.2) is 0 Å². The van der Waals surface area contributed by atoms with Gasteiger partial charge in [-0.05, 0) is 59.2 Å². The van der Waals surface area contributed by atoms with Gasteiger partial charge in [0, 0.05) is 18.7 Å². The van der Waals surface area contributed by atoms with E-state index in [9.17, 15) is 33.6 Å². The Balaban J connectivity index is 1.30. The average Bonchev–Trinajstić information content (AvgIpc) is 3.93. The lowest BCUT2D eigenvalue weighted by Gasteiger charge is -2.38. The van der Waals surface area contributed by atoms with Crippen molar-refractivity contribution in [3.8, 4) is 0 Å². The number of Topliss-reactive ketones (excluding diaryl/α,β-unsaturated/α-hetero) is 1. The number of carbonyl (C=O) groups is 5. The number of anilines is 1. The van der Waals surface area contributed by atoms with Crippen LogP contribution in [0.4, 0.5) is 10.5 Å². The van der Waals surface area contributed by atoms with Crippen molar-refractivity contribution in [1.29, 1.82) is 0 Å². The molecule has 0 aromatic heterocycles. The van der Waals surface area contributed by atoms with Crippen LogP contribution in [0.5, 0.6) is 0 Å². The SMILES string of the molecule is CC(C)(C)[C@H](NC(=O)N[C@H](CNc1c(C2CC2)c(=O)c1=O)C(C)(C)C)C(=O)N1C[C@H]2[C@@H]([C@H]1C(=O)NC(CC1CC1)C(=O)C(N)=O)C2(C)C. The van der Waals surface area contributed by atoms with Crippen molar-refractivity contribution in [3.05, 3.63) is 26.0 Å². The maximum Gasteiger partial charge on any atom is 0.315 e. The van der Waals surface area contributed by atoms with E-state index in [0.29, 0.717) is 24.2 Å². The van der Waals surface area contributed by atoms with Gasteiger partial charge in [-0.2, -0.15) is 0 Å². The van der Waals surface area contributed by atoms with Gasteiger partial charge in [0.1, 0.15) is 12.1 Å². The van der Waals surface area contributed by atoms with E-state index in [1.165, 1.54) is 4.90 Å². The van der Waals surface area contributed by atoms with Crippen LogP contribution in [0, 0.1) is 34.0 Å². The van der Waals surface area contributed by atoms with Crippen LogP contribution in [0.1, 0.15) is 99.0 Å². The number of amides is 5. The van der Waals surface area contributed by atoms with Crippen LogP contribution >= 0.6 is 0 Å². The number of urea groups is 1. The number of hydrogen-bond donors (Lipinski definition) is 5. The van der Waals surface area contributed by atoms with Gasteiger partial charge in [0.25, 0.3) is 5.91 Å². The van der Waals surface area contributed by atoms with Crippen LogP contribution in [-0.2, 0) is 19.2 Å². The quantitative estimate of drug-likeness (QED) is 0.195. The number of likely N-dealkylation sites (tertiary alicyclic amines) is 1. The summed E-state index contributed by atoms with van der Waals surface area (Å²) in [6.07, 6.45) is 3.92. The second kappa shape index (κ2) is 12.3. The Labute approximate surface area is 281 Å². The number of nitrogens with zero attached hydrogens (tertiary/aromatic N) is 1. The van der Waals surface area contributed by atoms with Crippen molar-refractivity contribution in [2.75, 3.05) is 18.4 Å². The summed E-state index contributed by atoms with van der Waals surface area (Å²) in [6.45, 7) is 15.9. The summed E-state index contributed by atoms with van der Waals surface area (Å²) in [5.74, 6) is -2.59. The summed E-state index contributed by atoms with van der Waals surface area (Å²) < 4.78 is 0. The number of fused-ring (bicyclic) bond motifs is 1. The monoisotopic (exact) mass is 668 g/mol. The molecule has 1 aromatic rings. The third kappa shape index (κ3) is 7.01. The van der Waals surface area contributed by atoms with Crippen molar-refractivity contribution >= 4 is 35.2 Å². The van der Waals surface area contributed by atoms with Gasteiger partial charge < -0.3 is 31.9 Å². The molecule has 0 radical (unpaired) electrons. The second-order valence-electron chi connectivity index (χ2n) is 17.3. The molecule has 13 nitrogen and oxygen atoms in total. The molecule has 5 rings (SSSR count). The third-order valence-corrected chi connectivity index (χ3v) is 11.1. The third-order valence-electron chi connectivity index (χ3n) is 11.1. The van der Waals surface area contributed by atoms with E-state index in [4.69, 9.17) is 5.73 Å². The van der Waals surface area contributed by atoms with Crippen LogP contribution < -0.4 is 37.9 Å². The molecule has 6 atom stereocenters. The Kier molecular flexibility index (Phi) is 9.09. The number of nitrogens with two attached hydrogens (primary N) is 1. The van der Waals surface area contributed by atoms with E-state index in [1.54, 1.807) is 0 Å². The van der Waals surface area contributed by atoms with Gasteiger partial charge in [-0.25, -0.2) is 4.79 Å². The van der Waals surface area contributed by atoms with E-state index < -0.39 is 75.4 Å². The van der Waals surface area contributed by atoms with Crippen LogP contribution in [0.2, 0.25) is 0 Å². The number of primary amides is 1. The number of ketones is 1. The van der Waals surface area contributed by atoms with Gasteiger partial charge in [-0.15, -0.1) is 0 Å².